The van der Waals surface area contributed by atoms with Crippen molar-refractivity contribution in [3.05, 3.63) is 59.5 Å². The van der Waals surface area contributed by atoms with Crippen LogP contribution in [-0.4, -0.2) is 28.6 Å². The van der Waals surface area contributed by atoms with E-state index in [9.17, 15) is 9.59 Å². The van der Waals surface area contributed by atoms with Gasteiger partial charge < -0.3 is 20.4 Å². The molecule has 2 aromatic heterocycles. The Morgan fingerprint density at radius 2 is 2.04 bits per heavy atom. The number of aromatic nitrogens is 2. The fourth-order valence-corrected chi connectivity index (χ4v) is 2.62. The number of carbonyl (C=O) groups is 2. The van der Waals surface area contributed by atoms with Crippen LogP contribution in [0.2, 0.25) is 0 Å². The monoisotopic (exact) mass is 352 g/mol. The molecular weight excluding hydrogens is 332 g/mol. The van der Waals surface area contributed by atoms with Crippen LogP contribution < -0.4 is 10.6 Å². The van der Waals surface area contributed by atoms with E-state index in [1.54, 1.807) is 19.1 Å². The van der Waals surface area contributed by atoms with Gasteiger partial charge in [-0.25, -0.2) is 4.79 Å². The van der Waals surface area contributed by atoms with Crippen LogP contribution in [0.25, 0.3) is 10.9 Å². The van der Waals surface area contributed by atoms with E-state index in [-0.39, 0.29) is 12.5 Å². The highest BCUT2D eigenvalue weighted by Crippen LogP contribution is 2.20. The standard InChI is InChI=1S/C19H20N4O3/c1-3-26-19(25)21-11-16-9-13(6-7-20-16)18(24)23-15-4-5-17-14(10-15)8-12(2)22-17/h4-10,22H,3,11H2,1-2H3,(H,21,25)(H,23,24). The number of hydrogen-bond donors (Lipinski definition) is 3. The van der Waals surface area contributed by atoms with E-state index in [2.05, 4.69) is 20.6 Å². The lowest BCUT2D eigenvalue weighted by Gasteiger charge is -2.08. The van der Waals surface area contributed by atoms with Crippen molar-refractivity contribution in [2.24, 2.45) is 0 Å². The van der Waals surface area contributed by atoms with Gasteiger partial charge in [0.2, 0.25) is 0 Å². The largest absolute Gasteiger partial charge is 0.450 e. The number of amides is 2. The Bertz CT molecular complexity index is 949. The number of alkyl carbamates (subject to hydrolysis) is 1. The summed E-state index contributed by atoms with van der Waals surface area (Å²) in [5, 5.41) is 6.50. The lowest BCUT2D eigenvalue weighted by Crippen LogP contribution is -2.24. The topological polar surface area (TPSA) is 96.1 Å². The lowest BCUT2D eigenvalue weighted by molar-refractivity contribution is 0.102. The fraction of sp³-hybridized carbons (Fsp3) is 0.211. The van der Waals surface area contributed by atoms with E-state index in [0.29, 0.717) is 23.6 Å². The van der Waals surface area contributed by atoms with Gasteiger partial charge in [0.1, 0.15) is 0 Å². The summed E-state index contributed by atoms with van der Waals surface area (Å²) in [4.78, 5) is 31.2. The number of aryl methyl sites for hydroxylation is 1. The first-order chi connectivity index (χ1) is 12.5. The summed E-state index contributed by atoms with van der Waals surface area (Å²) in [6, 6.07) is 11.0. The molecule has 0 atom stereocenters. The second-order valence-corrected chi connectivity index (χ2v) is 5.82. The maximum absolute atomic E-state index is 12.5. The highest BCUT2D eigenvalue weighted by Gasteiger charge is 2.09. The molecule has 0 saturated carbocycles. The molecule has 7 nitrogen and oxygen atoms in total. The number of H-pyrrole nitrogens is 1. The van der Waals surface area contributed by atoms with Crippen LogP contribution in [0.4, 0.5) is 10.5 Å². The molecular formula is C19H20N4O3. The van der Waals surface area contributed by atoms with Gasteiger partial charge in [0.15, 0.2) is 0 Å². The van der Waals surface area contributed by atoms with Gasteiger partial charge in [-0.1, -0.05) is 0 Å². The minimum absolute atomic E-state index is 0.189. The van der Waals surface area contributed by atoms with Crippen molar-refractivity contribution in [3.63, 3.8) is 0 Å². The summed E-state index contributed by atoms with van der Waals surface area (Å²) < 4.78 is 4.80. The summed E-state index contributed by atoms with van der Waals surface area (Å²) in [7, 11) is 0. The van der Waals surface area contributed by atoms with Gasteiger partial charge in [0.05, 0.1) is 18.8 Å². The minimum Gasteiger partial charge on any atom is -0.450 e. The van der Waals surface area contributed by atoms with Crippen LogP contribution in [-0.2, 0) is 11.3 Å². The van der Waals surface area contributed by atoms with Crippen molar-refractivity contribution in [2.75, 3.05) is 11.9 Å². The second kappa shape index (κ2) is 7.69. The fourth-order valence-electron chi connectivity index (χ4n) is 2.62. The van der Waals surface area contributed by atoms with Crippen molar-refractivity contribution >= 4 is 28.6 Å². The van der Waals surface area contributed by atoms with Crippen molar-refractivity contribution in [1.82, 2.24) is 15.3 Å². The third-order valence-electron chi connectivity index (χ3n) is 3.78. The smallest absolute Gasteiger partial charge is 0.407 e. The number of anilines is 1. The molecule has 3 rings (SSSR count). The van der Waals surface area contributed by atoms with E-state index < -0.39 is 6.09 Å². The second-order valence-electron chi connectivity index (χ2n) is 5.82. The highest BCUT2D eigenvalue weighted by molar-refractivity contribution is 6.05. The summed E-state index contributed by atoms with van der Waals surface area (Å²) >= 11 is 0. The zero-order valence-corrected chi connectivity index (χ0v) is 14.6. The molecule has 3 aromatic rings. The third-order valence-corrected chi connectivity index (χ3v) is 3.78. The normalized spacial score (nSPS) is 10.5. The Kier molecular flexibility index (Phi) is 5.17. The highest BCUT2D eigenvalue weighted by atomic mass is 16.5. The van der Waals surface area contributed by atoms with Crippen LogP contribution in [0.5, 0.6) is 0 Å². The Morgan fingerprint density at radius 3 is 2.85 bits per heavy atom. The van der Waals surface area contributed by atoms with Crippen LogP contribution in [0.3, 0.4) is 0 Å². The van der Waals surface area contributed by atoms with Gasteiger partial charge in [0.25, 0.3) is 5.91 Å². The number of benzene rings is 1. The molecule has 0 spiro atoms. The average molecular weight is 352 g/mol. The number of hydrogen-bond acceptors (Lipinski definition) is 4. The number of aromatic amines is 1. The van der Waals surface area contributed by atoms with Crippen molar-refractivity contribution < 1.29 is 14.3 Å². The van der Waals surface area contributed by atoms with Gasteiger partial charge in [0, 0.05) is 34.0 Å². The molecule has 1 aromatic carbocycles. The molecule has 0 aliphatic carbocycles. The summed E-state index contributed by atoms with van der Waals surface area (Å²) in [5.41, 5.74) is 3.84. The number of carbonyl (C=O) groups excluding carboxylic acids is 2. The van der Waals surface area contributed by atoms with Gasteiger partial charge in [-0.15, -0.1) is 0 Å². The van der Waals surface area contributed by atoms with E-state index in [1.165, 1.54) is 6.20 Å². The number of nitrogens with zero attached hydrogens (tertiary/aromatic N) is 1. The van der Waals surface area contributed by atoms with E-state index in [0.717, 1.165) is 16.6 Å². The number of pyridine rings is 1. The molecule has 0 unspecified atom stereocenters. The first-order valence-corrected chi connectivity index (χ1v) is 8.31. The predicted molar refractivity (Wildman–Crippen MR) is 99.1 cm³/mol. The van der Waals surface area contributed by atoms with E-state index in [1.807, 2.05) is 31.2 Å². The van der Waals surface area contributed by atoms with Gasteiger partial charge >= 0.3 is 6.09 Å². The van der Waals surface area contributed by atoms with E-state index >= 15 is 0 Å². The first-order valence-electron chi connectivity index (χ1n) is 8.31. The molecule has 0 aliphatic rings. The lowest BCUT2D eigenvalue weighted by atomic mass is 10.2. The molecule has 2 heterocycles. The van der Waals surface area contributed by atoms with Crippen LogP contribution in [0.15, 0.2) is 42.6 Å². The Labute approximate surface area is 150 Å². The number of rotatable bonds is 5. The molecule has 2 amide bonds. The number of ether oxygens (including phenoxy) is 1. The average Bonchev–Trinajstić information content (AvgIpc) is 3.00. The van der Waals surface area contributed by atoms with Gasteiger partial charge in [-0.2, -0.15) is 0 Å². The summed E-state index contributed by atoms with van der Waals surface area (Å²) in [6.07, 6.45) is 1.02. The number of nitrogens with one attached hydrogen (secondary N) is 3. The van der Waals surface area contributed by atoms with Crippen LogP contribution in [0.1, 0.15) is 28.7 Å². The molecule has 26 heavy (non-hydrogen) atoms. The molecule has 3 N–H and O–H groups in total. The van der Waals surface area contributed by atoms with Gasteiger partial charge in [-0.05, 0) is 50.2 Å². The Morgan fingerprint density at radius 1 is 1.19 bits per heavy atom. The maximum Gasteiger partial charge on any atom is 0.407 e. The van der Waals surface area contributed by atoms with Crippen LogP contribution in [0, 0.1) is 6.92 Å². The number of fused-ring (bicyclic) bond motifs is 1. The molecule has 134 valence electrons. The zero-order chi connectivity index (χ0) is 18.5. The molecule has 0 saturated heterocycles. The van der Waals surface area contributed by atoms with Gasteiger partial charge in [-0.3, -0.25) is 9.78 Å². The maximum atomic E-state index is 12.5. The van der Waals surface area contributed by atoms with Crippen molar-refractivity contribution in [3.8, 4) is 0 Å². The third kappa shape index (κ3) is 4.18. The summed E-state index contributed by atoms with van der Waals surface area (Å²) in [6.45, 7) is 4.21. The molecule has 0 radical (unpaired) electrons. The molecule has 0 fully saturated rings. The first kappa shape index (κ1) is 17.5. The van der Waals surface area contributed by atoms with E-state index in [4.69, 9.17) is 4.74 Å². The predicted octanol–water partition coefficient (Wildman–Crippen LogP) is 3.37. The quantitative estimate of drug-likeness (QED) is 0.656. The Balaban J connectivity index is 1.68. The van der Waals surface area contributed by atoms with Crippen LogP contribution >= 0.6 is 0 Å². The Hall–Kier alpha value is -3.35. The SMILES string of the molecule is CCOC(=O)NCc1cc(C(=O)Nc2ccc3[nH]c(C)cc3c2)ccn1. The minimum atomic E-state index is -0.515. The molecule has 7 heteroatoms. The van der Waals surface area contributed by atoms with Crippen molar-refractivity contribution in [1.29, 1.82) is 0 Å². The molecule has 0 bridgehead atoms. The zero-order valence-electron chi connectivity index (χ0n) is 14.6. The summed E-state index contributed by atoms with van der Waals surface area (Å²) in [5.74, 6) is -0.239. The van der Waals surface area contributed by atoms with Crippen molar-refractivity contribution in [2.45, 2.75) is 20.4 Å². The molecule has 0 aliphatic heterocycles.